The van der Waals surface area contributed by atoms with Gasteiger partial charge >= 0.3 is 19.2 Å². The zero-order valence-electron chi connectivity index (χ0n) is 29.9. The molecule has 15 heteroatoms. The van der Waals surface area contributed by atoms with Crippen molar-refractivity contribution in [3.63, 3.8) is 0 Å². The van der Waals surface area contributed by atoms with Crippen LogP contribution in [0.25, 0.3) is 0 Å². The average molecular weight is 795 g/mol. The lowest BCUT2D eigenvalue weighted by molar-refractivity contribution is -0.145. The first-order valence-corrected chi connectivity index (χ1v) is 16.8. The van der Waals surface area contributed by atoms with Crippen LogP contribution < -0.4 is 20.8 Å². The van der Waals surface area contributed by atoms with Crippen LogP contribution in [0.15, 0.2) is 36.4 Å². The molecule has 268 valence electrons. The van der Waals surface area contributed by atoms with E-state index in [4.69, 9.17) is 23.5 Å². The Bertz CT molecular complexity index is 1550. The van der Waals surface area contributed by atoms with Crippen LogP contribution in [0.4, 0.5) is 4.79 Å². The highest BCUT2D eigenvalue weighted by Gasteiger charge is 2.52. The molecule has 0 saturated carbocycles. The number of nitrogens with one attached hydrogen (secondary N) is 2. The quantitative estimate of drug-likeness (QED) is 0.174. The van der Waals surface area contributed by atoms with Gasteiger partial charge < -0.3 is 39.3 Å². The Morgan fingerprint density at radius 1 is 0.980 bits per heavy atom. The Morgan fingerprint density at radius 2 is 1.59 bits per heavy atom. The van der Waals surface area contributed by atoms with E-state index in [9.17, 15) is 24.3 Å². The zero-order chi connectivity index (χ0) is 37.1. The molecule has 0 spiro atoms. The molecule has 0 aromatic heterocycles. The lowest BCUT2D eigenvalue weighted by Crippen LogP contribution is -2.53. The average Bonchev–Trinajstić information content (AvgIpc) is 3.23. The summed E-state index contributed by atoms with van der Waals surface area (Å²) in [6, 6.07) is 6.30. The van der Waals surface area contributed by atoms with Crippen molar-refractivity contribution >= 4 is 59.0 Å². The molecule has 3 atom stereocenters. The minimum Gasteiger partial charge on any atom is -0.507 e. The number of aromatic hydroxyl groups is 1. The molecule has 2 aromatic rings. The van der Waals surface area contributed by atoms with Crippen molar-refractivity contribution in [2.75, 3.05) is 21.3 Å². The summed E-state index contributed by atoms with van der Waals surface area (Å²) >= 11 is 1.91. The van der Waals surface area contributed by atoms with Gasteiger partial charge in [-0.1, -0.05) is 18.2 Å². The van der Waals surface area contributed by atoms with Crippen molar-refractivity contribution in [1.29, 1.82) is 0 Å². The molecule has 3 N–H and O–H groups in total. The number of methoxy groups -OCH3 is 2. The number of rotatable bonds is 11. The second kappa shape index (κ2) is 15.5. The number of hydrogen-bond donors (Lipinski definition) is 3. The van der Waals surface area contributed by atoms with Crippen molar-refractivity contribution in [3.05, 3.63) is 51.1 Å². The minimum absolute atomic E-state index is 0.00461. The summed E-state index contributed by atoms with van der Waals surface area (Å²) < 4.78 is 29.0. The SMILES string of the molecule is COC(=O)[C@H](Cc1ccc(OC)c(B2OC(C)(C)C(C)(C)O2)c1)NC(=O)[C@H](C)NC(=O)[C@H](c1ccc(O)c(I)c1)N(C)C(=O)OC(C)(C)C. The highest BCUT2D eigenvalue weighted by Crippen LogP contribution is 2.37. The number of benzene rings is 2. The Balaban J connectivity index is 1.82. The number of carbonyl (C=O) groups excluding carboxylic acids is 4. The third-order valence-electron chi connectivity index (χ3n) is 8.40. The second-order valence-electron chi connectivity index (χ2n) is 13.9. The van der Waals surface area contributed by atoms with Gasteiger partial charge in [-0.2, -0.15) is 0 Å². The summed E-state index contributed by atoms with van der Waals surface area (Å²) in [5.74, 6) is -1.51. The first kappa shape index (κ1) is 39.9. The van der Waals surface area contributed by atoms with E-state index in [-0.39, 0.29) is 12.2 Å². The molecule has 3 amide bonds. The maximum absolute atomic E-state index is 13.7. The Morgan fingerprint density at radius 3 is 2.12 bits per heavy atom. The fourth-order valence-electron chi connectivity index (χ4n) is 4.97. The molecular weight excluding hydrogens is 748 g/mol. The smallest absolute Gasteiger partial charge is 0.498 e. The fourth-order valence-corrected chi connectivity index (χ4v) is 5.51. The number of halogens is 1. The van der Waals surface area contributed by atoms with Gasteiger partial charge in [0.1, 0.15) is 35.2 Å². The first-order valence-electron chi connectivity index (χ1n) is 15.8. The van der Waals surface area contributed by atoms with E-state index in [1.807, 2.05) is 50.3 Å². The zero-order valence-corrected chi connectivity index (χ0v) is 32.1. The molecule has 1 aliphatic rings. The van der Waals surface area contributed by atoms with Crippen LogP contribution in [0.5, 0.6) is 11.5 Å². The van der Waals surface area contributed by atoms with Gasteiger partial charge in [-0.3, -0.25) is 14.5 Å². The standard InChI is InChI=1S/C34H47BIN3O10/c1-19(37-29(42)27(21-13-14-25(40)23(36)18-21)39(9)31(44)47-32(2,3)4)28(41)38-24(30(43)46-11)17-20-12-15-26(45-10)22(16-20)35-48-33(5,6)34(7,8)49-35/h12-16,18-19,24,27,40H,17H2,1-11H3,(H,37,42)(H,38,41)/t19-,24-,27-/m0/s1. The van der Waals surface area contributed by atoms with Crippen molar-refractivity contribution in [2.45, 2.75) is 96.7 Å². The van der Waals surface area contributed by atoms with Crippen LogP contribution >= 0.6 is 22.6 Å². The summed E-state index contributed by atoms with van der Waals surface area (Å²) in [5, 5.41) is 15.4. The normalized spacial score (nSPS) is 16.9. The monoisotopic (exact) mass is 795 g/mol. The Labute approximate surface area is 302 Å². The van der Waals surface area contributed by atoms with Gasteiger partial charge in [-0.05, 0) is 107 Å². The highest BCUT2D eigenvalue weighted by atomic mass is 127. The molecule has 0 bridgehead atoms. The van der Waals surface area contributed by atoms with Crippen LogP contribution in [-0.2, 0) is 39.6 Å². The minimum atomic E-state index is -1.22. The molecule has 3 rings (SSSR count). The van der Waals surface area contributed by atoms with E-state index >= 15 is 0 Å². The van der Waals surface area contributed by atoms with Crippen LogP contribution in [0, 0.1) is 3.57 Å². The van der Waals surface area contributed by atoms with E-state index in [2.05, 4.69) is 10.6 Å². The molecule has 0 radical (unpaired) electrons. The van der Waals surface area contributed by atoms with Gasteiger partial charge in [0.2, 0.25) is 11.8 Å². The number of nitrogens with zero attached hydrogens (tertiary/aromatic N) is 1. The van der Waals surface area contributed by atoms with Gasteiger partial charge in [-0.15, -0.1) is 0 Å². The maximum atomic E-state index is 13.7. The second-order valence-corrected chi connectivity index (χ2v) is 15.1. The van der Waals surface area contributed by atoms with Crippen LogP contribution in [0.2, 0.25) is 0 Å². The largest absolute Gasteiger partial charge is 0.507 e. The van der Waals surface area contributed by atoms with Crippen molar-refractivity contribution in [1.82, 2.24) is 15.5 Å². The third-order valence-corrected chi connectivity index (χ3v) is 9.26. The molecular formula is C34H47BIN3O10. The number of phenolic OH excluding ortho intramolecular Hbond substituents is 1. The van der Waals surface area contributed by atoms with Gasteiger partial charge in [0.25, 0.3) is 0 Å². The van der Waals surface area contributed by atoms with E-state index in [1.54, 1.807) is 45.0 Å². The summed E-state index contributed by atoms with van der Waals surface area (Å²) in [6.45, 7) is 14.3. The number of ether oxygens (including phenoxy) is 3. The summed E-state index contributed by atoms with van der Waals surface area (Å²) in [4.78, 5) is 54.2. The first-order chi connectivity index (χ1) is 22.6. The van der Waals surface area contributed by atoms with Gasteiger partial charge in [0.05, 0.1) is 29.0 Å². The van der Waals surface area contributed by atoms with Gasteiger partial charge in [0, 0.05) is 18.9 Å². The molecule has 0 aliphatic carbocycles. The van der Waals surface area contributed by atoms with E-state index in [1.165, 1.54) is 40.3 Å². The number of amides is 3. The third kappa shape index (κ3) is 9.78. The molecule has 0 unspecified atom stereocenters. The Hall–Kier alpha value is -3.57. The molecule has 1 heterocycles. The van der Waals surface area contributed by atoms with Crippen molar-refractivity contribution < 1.29 is 47.8 Å². The Kier molecular flexibility index (Phi) is 12.6. The molecule has 1 aliphatic heterocycles. The van der Waals surface area contributed by atoms with Gasteiger partial charge in [-0.25, -0.2) is 9.59 Å². The number of phenols is 1. The maximum Gasteiger partial charge on any atom is 0.498 e. The fraction of sp³-hybridized carbons (Fsp3) is 0.529. The lowest BCUT2D eigenvalue weighted by atomic mass is 9.77. The number of carbonyl (C=O) groups is 4. The summed E-state index contributed by atoms with van der Waals surface area (Å²) in [5.41, 5.74) is -0.352. The van der Waals surface area contributed by atoms with E-state index in [0.717, 1.165) is 4.90 Å². The number of hydrogen-bond acceptors (Lipinski definition) is 10. The topological polar surface area (TPSA) is 162 Å². The number of likely N-dealkylation sites (N-methyl/N-ethyl adjacent to an activating group) is 1. The number of esters is 1. The van der Waals surface area contributed by atoms with Gasteiger partial charge in [0.15, 0.2) is 0 Å². The highest BCUT2D eigenvalue weighted by molar-refractivity contribution is 14.1. The summed E-state index contributed by atoms with van der Waals surface area (Å²) in [6.07, 6.45) is -0.719. The molecule has 1 saturated heterocycles. The van der Waals surface area contributed by atoms with Crippen LogP contribution in [-0.4, -0.2) is 91.2 Å². The predicted molar refractivity (Wildman–Crippen MR) is 192 cm³/mol. The van der Waals surface area contributed by atoms with E-state index < -0.39 is 65.9 Å². The lowest BCUT2D eigenvalue weighted by Gasteiger charge is -2.32. The molecule has 2 aromatic carbocycles. The molecule has 13 nitrogen and oxygen atoms in total. The summed E-state index contributed by atoms with van der Waals surface area (Å²) in [7, 11) is 3.43. The van der Waals surface area contributed by atoms with E-state index in [0.29, 0.717) is 25.9 Å². The van der Waals surface area contributed by atoms with Crippen LogP contribution in [0.3, 0.4) is 0 Å². The molecule has 1 fully saturated rings. The van der Waals surface area contributed by atoms with Crippen molar-refractivity contribution in [2.24, 2.45) is 0 Å². The predicted octanol–water partition coefficient (Wildman–Crippen LogP) is 3.62. The molecule has 49 heavy (non-hydrogen) atoms. The van der Waals surface area contributed by atoms with Crippen molar-refractivity contribution in [3.8, 4) is 11.5 Å². The van der Waals surface area contributed by atoms with Crippen LogP contribution in [0.1, 0.15) is 72.6 Å².